The molecule has 0 unspecified atom stereocenters. The molecule has 0 atom stereocenters. The van der Waals surface area contributed by atoms with Gasteiger partial charge < -0.3 is 26.2 Å². The van der Waals surface area contributed by atoms with Crippen molar-refractivity contribution in [2.75, 3.05) is 43.9 Å². The molecule has 0 heterocycles. The van der Waals surface area contributed by atoms with Gasteiger partial charge in [0.05, 0.1) is 28.8 Å². The van der Waals surface area contributed by atoms with Crippen molar-refractivity contribution in [2.45, 2.75) is 0 Å². The van der Waals surface area contributed by atoms with Crippen molar-refractivity contribution in [2.24, 2.45) is 5.11 Å². The molecule has 0 bridgehead atoms. The lowest BCUT2D eigenvalue weighted by atomic mass is 9.81. The molecule has 1 aliphatic carbocycles. The van der Waals surface area contributed by atoms with Crippen LogP contribution in [0.3, 0.4) is 0 Å². The molecule has 0 aromatic heterocycles. The highest BCUT2D eigenvalue weighted by Crippen LogP contribution is 2.42. The average Bonchev–Trinajstić information content (AvgIpc) is 2.68. The van der Waals surface area contributed by atoms with E-state index in [2.05, 4.69) is 21.1 Å². The minimum atomic E-state index is -0.555. The summed E-state index contributed by atoms with van der Waals surface area (Å²) >= 11 is 0. The molecule has 0 radical (unpaired) electrons. The Labute approximate surface area is 161 Å². The predicted molar refractivity (Wildman–Crippen MR) is 104 cm³/mol. The third-order valence-corrected chi connectivity index (χ3v) is 4.50. The Bertz CT molecular complexity index is 958. The van der Waals surface area contributed by atoms with Crippen LogP contribution in [0.5, 0.6) is 11.5 Å². The number of fused-ring (bicyclic) bond motifs is 2. The van der Waals surface area contributed by atoms with Gasteiger partial charge in [-0.25, -0.2) is 5.53 Å². The monoisotopic (exact) mass is 383 g/mol. The van der Waals surface area contributed by atoms with E-state index in [1.54, 1.807) is 7.05 Å². The number of phenols is 2. The standard InChI is InChI=1S/C19H21N5O4/c1-21-6-7-22-10-2-4-12(25)16-14(10)18(27)17-13(26)5-3-11(15(17)19(16)28)23-8-9-24-20/h2-5,20-23,25-26H,6-9H2,1H3. The lowest BCUT2D eigenvalue weighted by molar-refractivity contribution is 0.0975. The number of nitrogens with one attached hydrogen (secondary N) is 4. The van der Waals surface area contributed by atoms with Crippen LogP contribution in [0.4, 0.5) is 11.4 Å². The summed E-state index contributed by atoms with van der Waals surface area (Å²) in [5.74, 6) is -1.70. The number of carbonyl (C=O) groups excluding carboxylic acids is 2. The molecule has 3 rings (SSSR count). The van der Waals surface area contributed by atoms with Gasteiger partial charge in [0.1, 0.15) is 11.5 Å². The molecule has 6 N–H and O–H groups in total. The highest BCUT2D eigenvalue weighted by atomic mass is 16.3. The molecule has 0 spiro atoms. The summed E-state index contributed by atoms with van der Waals surface area (Å²) < 4.78 is 0. The second kappa shape index (κ2) is 8.05. The molecule has 1 aliphatic rings. The fourth-order valence-corrected chi connectivity index (χ4v) is 3.23. The van der Waals surface area contributed by atoms with Gasteiger partial charge in [-0.15, -0.1) is 0 Å². The number of phenolic OH excluding ortho intramolecular Hbond substituents is 2. The molecular weight excluding hydrogens is 362 g/mol. The van der Waals surface area contributed by atoms with Crippen molar-refractivity contribution < 1.29 is 19.8 Å². The first kappa shape index (κ1) is 19.3. The van der Waals surface area contributed by atoms with Crippen molar-refractivity contribution in [3.05, 3.63) is 46.5 Å². The van der Waals surface area contributed by atoms with E-state index in [4.69, 9.17) is 5.53 Å². The van der Waals surface area contributed by atoms with Crippen LogP contribution < -0.4 is 16.0 Å². The summed E-state index contributed by atoms with van der Waals surface area (Å²) in [5.41, 5.74) is 7.47. The van der Waals surface area contributed by atoms with Crippen LogP contribution in [0.15, 0.2) is 29.4 Å². The Morgan fingerprint density at radius 3 is 1.79 bits per heavy atom. The first-order chi connectivity index (χ1) is 13.5. The average molecular weight is 383 g/mol. The first-order valence-electron chi connectivity index (χ1n) is 8.78. The van der Waals surface area contributed by atoms with E-state index < -0.39 is 11.6 Å². The molecule has 9 nitrogen and oxygen atoms in total. The van der Waals surface area contributed by atoms with Gasteiger partial charge in [-0.05, 0) is 31.3 Å². The zero-order chi connectivity index (χ0) is 20.3. The quantitative estimate of drug-likeness (QED) is 0.198. The van der Waals surface area contributed by atoms with Crippen LogP contribution in [0.2, 0.25) is 0 Å². The van der Waals surface area contributed by atoms with Crippen molar-refractivity contribution in [3.63, 3.8) is 0 Å². The minimum Gasteiger partial charge on any atom is -0.507 e. The van der Waals surface area contributed by atoms with E-state index in [9.17, 15) is 19.8 Å². The van der Waals surface area contributed by atoms with E-state index in [-0.39, 0.29) is 46.8 Å². The van der Waals surface area contributed by atoms with Crippen molar-refractivity contribution >= 4 is 22.9 Å². The number of anilines is 2. The molecule has 0 amide bonds. The van der Waals surface area contributed by atoms with Gasteiger partial charge in [-0.3, -0.25) is 9.59 Å². The van der Waals surface area contributed by atoms with Gasteiger partial charge in [0, 0.05) is 31.0 Å². The molecular formula is C19H21N5O4. The summed E-state index contributed by atoms with van der Waals surface area (Å²) in [6.07, 6.45) is 0. The van der Waals surface area contributed by atoms with Gasteiger partial charge in [0.2, 0.25) is 11.6 Å². The van der Waals surface area contributed by atoms with Crippen LogP contribution in [0, 0.1) is 5.53 Å². The topological polar surface area (TPSA) is 147 Å². The molecule has 2 aromatic rings. The van der Waals surface area contributed by atoms with Gasteiger partial charge >= 0.3 is 0 Å². The van der Waals surface area contributed by atoms with Crippen molar-refractivity contribution in [1.82, 2.24) is 5.32 Å². The highest BCUT2D eigenvalue weighted by molar-refractivity contribution is 6.33. The van der Waals surface area contributed by atoms with Crippen LogP contribution >= 0.6 is 0 Å². The first-order valence-corrected chi connectivity index (χ1v) is 8.78. The van der Waals surface area contributed by atoms with Gasteiger partial charge in [-0.2, -0.15) is 5.11 Å². The number of nitrogens with zero attached hydrogens (tertiary/aromatic N) is 1. The Morgan fingerprint density at radius 2 is 1.32 bits per heavy atom. The molecule has 146 valence electrons. The zero-order valence-electron chi connectivity index (χ0n) is 15.3. The van der Waals surface area contributed by atoms with E-state index in [0.29, 0.717) is 24.5 Å². The maximum absolute atomic E-state index is 13.2. The van der Waals surface area contributed by atoms with Crippen molar-refractivity contribution in [1.29, 1.82) is 5.53 Å². The Morgan fingerprint density at radius 1 is 0.821 bits per heavy atom. The van der Waals surface area contributed by atoms with E-state index in [1.807, 2.05) is 0 Å². The number of rotatable bonds is 8. The third kappa shape index (κ3) is 3.27. The van der Waals surface area contributed by atoms with Gasteiger partial charge in [0.25, 0.3) is 0 Å². The van der Waals surface area contributed by atoms with Crippen molar-refractivity contribution in [3.8, 4) is 11.5 Å². The highest BCUT2D eigenvalue weighted by Gasteiger charge is 2.37. The zero-order valence-corrected chi connectivity index (χ0v) is 15.3. The second-order valence-electron chi connectivity index (χ2n) is 6.26. The van der Waals surface area contributed by atoms with E-state index in [0.717, 1.165) is 0 Å². The van der Waals surface area contributed by atoms with Crippen LogP contribution in [0.25, 0.3) is 0 Å². The van der Waals surface area contributed by atoms with Gasteiger partial charge in [0.15, 0.2) is 0 Å². The predicted octanol–water partition coefficient (Wildman–Crippen LogP) is 1.95. The molecule has 9 heteroatoms. The SMILES string of the molecule is CNCCNc1ccc(O)c2c1C(=O)c1c(O)ccc(NCCN=N)c1C2=O. The lowest BCUT2D eigenvalue weighted by Crippen LogP contribution is -2.26. The maximum Gasteiger partial charge on any atom is 0.200 e. The molecule has 0 saturated carbocycles. The number of carbonyl (C=O) groups is 2. The summed E-state index contributed by atoms with van der Waals surface area (Å²) in [4.78, 5) is 26.4. The number of hydrogen-bond donors (Lipinski definition) is 6. The molecule has 0 saturated heterocycles. The largest absolute Gasteiger partial charge is 0.507 e. The summed E-state index contributed by atoms with van der Waals surface area (Å²) in [5, 5.41) is 32.9. The summed E-state index contributed by atoms with van der Waals surface area (Å²) in [6.45, 7) is 1.62. The van der Waals surface area contributed by atoms with Crippen LogP contribution in [0.1, 0.15) is 31.8 Å². The van der Waals surface area contributed by atoms with Gasteiger partial charge in [-0.1, -0.05) is 0 Å². The fourth-order valence-electron chi connectivity index (χ4n) is 3.23. The molecule has 28 heavy (non-hydrogen) atoms. The molecule has 0 fully saturated rings. The van der Waals surface area contributed by atoms with E-state index in [1.165, 1.54) is 24.3 Å². The number of ketones is 2. The van der Waals surface area contributed by atoms with Crippen LogP contribution in [-0.2, 0) is 0 Å². The summed E-state index contributed by atoms with van der Waals surface area (Å²) in [7, 11) is 1.79. The Kier molecular flexibility index (Phi) is 5.55. The molecule has 2 aromatic carbocycles. The number of hydrogen-bond acceptors (Lipinski definition) is 9. The maximum atomic E-state index is 13.2. The molecule has 0 aliphatic heterocycles. The fraction of sp³-hybridized carbons (Fsp3) is 0.263. The Balaban J connectivity index is 2.13. The summed E-state index contributed by atoms with van der Waals surface area (Å²) in [6, 6.07) is 5.73. The number of aromatic hydroxyl groups is 2. The Hall–Kier alpha value is -3.46. The number of benzene rings is 2. The third-order valence-electron chi connectivity index (χ3n) is 4.50. The second-order valence-corrected chi connectivity index (χ2v) is 6.26. The lowest BCUT2D eigenvalue weighted by Gasteiger charge is -2.24. The van der Waals surface area contributed by atoms with Crippen LogP contribution in [-0.4, -0.2) is 55.0 Å². The smallest absolute Gasteiger partial charge is 0.200 e. The number of likely N-dealkylation sites (N-methyl/N-ethyl adjacent to an activating group) is 1. The van der Waals surface area contributed by atoms with E-state index >= 15 is 0 Å². The normalized spacial score (nSPS) is 12.3. The minimum absolute atomic E-state index is 0.00477.